The summed E-state index contributed by atoms with van der Waals surface area (Å²) >= 11 is 0. The van der Waals surface area contributed by atoms with Gasteiger partial charge in [-0.2, -0.15) is 0 Å². The van der Waals surface area contributed by atoms with Crippen molar-refractivity contribution in [2.75, 3.05) is 0 Å². The van der Waals surface area contributed by atoms with Crippen LogP contribution in [0.5, 0.6) is 0 Å². The normalized spacial score (nSPS) is 10.7. The molecule has 6 aromatic carbocycles. The smallest absolute Gasteiger partial charge is 0.0274 e. The molecule has 0 heteroatoms. The summed E-state index contributed by atoms with van der Waals surface area (Å²) in [5.74, 6) is 9.66. The molecule has 0 aliphatic heterocycles. The van der Waals surface area contributed by atoms with Crippen LogP contribution in [0, 0.1) is 71.0 Å². The van der Waals surface area contributed by atoms with Crippen LogP contribution in [-0.4, -0.2) is 0 Å². The van der Waals surface area contributed by atoms with Gasteiger partial charge in [-0.3, -0.25) is 0 Å². The maximum Gasteiger partial charge on any atom is -0.0274 e. The van der Waals surface area contributed by atoms with Crippen LogP contribution in [0.1, 0.15) is 355 Å². The van der Waals surface area contributed by atoms with Gasteiger partial charge in [0.25, 0.3) is 0 Å². The molecule has 6 rings (SSSR count). The lowest BCUT2D eigenvalue weighted by Crippen LogP contribution is -1.99. The Bertz CT molecular complexity index is 2360. The Morgan fingerprint density at radius 3 is 0.412 bits per heavy atom. The van der Waals surface area contributed by atoms with Crippen molar-refractivity contribution in [1.29, 1.82) is 0 Å². The zero-order valence-electron chi connectivity index (χ0n) is 67.8. The van der Waals surface area contributed by atoms with E-state index in [0.29, 0.717) is 0 Å². The summed E-state index contributed by atoms with van der Waals surface area (Å²) in [6.45, 7) is 55.1. The number of hydrogen-bond donors (Lipinski definition) is 0. The number of aryl methyl sites for hydroxylation is 12. The predicted molar refractivity (Wildman–Crippen MR) is 477 cm³/mol. The molecule has 0 saturated heterocycles. The summed E-state index contributed by atoms with van der Waals surface area (Å²) in [6, 6.07) is 54.6. The van der Waals surface area contributed by atoms with E-state index in [1.54, 1.807) is 22.3 Å². The topological polar surface area (TPSA) is 0 Å². The predicted octanol–water partition coefficient (Wildman–Crippen LogP) is 33.0. The van der Waals surface area contributed by atoms with Gasteiger partial charge in [0.1, 0.15) is 0 Å². The summed E-state index contributed by atoms with van der Waals surface area (Å²) in [5.41, 5.74) is 18.3. The molecule has 0 aliphatic rings. The third kappa shape index (κ3) is 61.6. The molecule has 0 radical (unpaired) electrons. The lowest BCUT2D eigenvalue weighted by Gasteiger charge is -2.12. The van der Waals surface area contributed by atoms with Crippen molar-refractivity contribution in [2.45, 2.75) is 365 Å². The molecule has 102 heavy (non-hydrogen) atoms. The van der Waals surface area contributed by atoms with Crippen molar-refractivity contribution in [3.63, 3.8) is 0 Å². The van der Waals surface area contributed by atoms with Gasteiger partial charge < -0.3 is 0 Å². The van der Waals surface area contributed by atoms with E-state index in [-0.39, 0.29) is 44.6 Å². The molecule has 0 aromatic heterocycles. The summed E-state index contributed by atoms with van der Waals surface area (Å²) in [7, 11) is 0. The molecule has 0 spiro atoms. The van der Waals surface area contributed by atoms with Crippen LogP contribution in [0.2, 0.25) is 0 Å². The zero-order valence-corrected chi connectivity index (χ0v) is 67.8. The summed E-state index contributed by atoms with van der Waals surface area (Å²) < 4.78 is 0. The number of hydrogen-bond acceptors (Lipinski definition) is 0. The van der Waals surface area contributed by atoms with Crippen molar-refractivity contribution in [3.05, 3.63) is 212 Å². The molecule has 0 atom stereocenters. The van der Waals surface area contributed by atoms with Gasteiger partial charge in [0, 0.05) is 0 Å². The molecule has 0 saturated carbocycles. The molecule has 0 unspecified atom stereocenters. The highest BCUT2D eigenvalue weighted by Crippen LogP contribution is 2.22. The molecule has 588 valence electrons. The molecule has 0 heterocycles. The third-order valence-corrected chi connectivity index (χ3v) is 18.3. The van der Waals surface area contributed by atoms with Crippen LogP contribution in [0.3, 0.4) is 0 Å². The van der Waals surface area contributed by atoms with Crippen LogP contribution >= 0.6 is 0 Å². The van der Waals surface area contributed by atoms with E-state index >= 15 is 0 Å². The quantitative estimate of drug-likeness (QED) is 0.0368. The summed E-state index contributed by atoms with van der Waals surface area (Å²) in [5, 5.41) is 0. The lowest BCUT2D eigenvalue weighted by atomic mass is 9.94. The average Bonchev–Trinajstić information content (AvgIpc) is 0.914. The Morgan fingerprint density at radius 2 is 0.275 bits per heavy atom. The fourth-order valence-electron chi connectivity index (χ4n) is 11.1. The van der Waals surface area contributed by atoms with Crippen LogP contribution in [0.4, 0.5) is 0 Å². The van der Waals surface area contributed by atoms with Gasteiger partial charge in [-0.25, -0.2) is 0 Å². The summed E-state index contributed by atoms with van der Waals surface area (Å²) in [6.07, 6.45) is 30.4. The first-order valence-corrected chi connectivity index (χ1v) is 39.9. The highest BCUT2D eigenvalue weighted by Gasteiger charge is 2.09. The Morgan fingerprint density at radius 1 is 0.147 bits per heavy atom. The van der Waals surface area contributed by atoms with Gasteiger partial charge >= 0.3 is 0 Å². The lowest BCUT2D eigenvalue weighted by molar-refractivity contribution is 0.571. The Kier molecular flexibility index (Phi) is 69.9. The molecule has 0 amide bonds. The summed E-state index contributed by atoms with van der Waals surface area (Å²) in [4.78, 5) is 0. The molecule has 0 aliphatic carbocycles. The van der Waals surface area contributed by atoms with Gasteiger partial charge in [0.05, 0.1) is 0 Å². The second-order valence-corrected chi connectivity index (χ2v) is 34.0. The van der Waals surface area contributed by atoms with E-state index < -0.39 is 0 Å². The van der Waals surface area contributed by atoms with Gasteiger partial charge in [-0.05, 0) is 292 Å². The molecule has 6 aromatic rings. The average molecular weight is 1410 g/mol. The van der Waals surface area contributed by atoms with Crippen molar-refractivity contribution in [2.24, 2.45) is 71.0 Å². The first-order valence-electron chi connectivity index (χ1n) is 39.9. The molecule has 0 nitrogen and oxygen atoms in total. The van der Waals surface area contributed by atoms with Crippen molar-refractivity contribution in [1.82, 2.24) is 0 Å². The first-order chi connectivity index (χ1) is 45.5. The second kappa shape index (κ2) is 65.8. The van der Waals surface area contributed by atoms with Crippen LogP contribution in [0.15, 0.2) is 146 Å². The van der Waals surface area contributed by atoms with E-state index in [9.17, 15) is 0 Å². The van der Waals surface area contributed by atoms with Crippen LogP contribution in [-0.2, 0) is 77.0 Å². The second-order valence-electron chi connectivity index (χ2n) is 34.0. The van der Waals surface area contributed by atoms with Gasteiger partial charge in [-0.1, -0.05) is 356 Å². The molecule has 0 N–H and O–H groups in total. The van der Waals surface area contributed by atoms with E-state index in [1.165, 1.54) is 199 Å². The van der Waals surface area contributed by atoms with E-state index in [1.807, 2.05) is 0 Å². The minimum Gasteiger partial charge on any atom is -0.0776 e. The largest absolute Gasteiger partial charge is 0.0776 e. The van der Waals surface area contributed by atoms with E-state index in [2.05, 4.69) is 312 Å². The zero-order chi connectivity index (χ0) is 71.8. The SMILES string of the molecule is C.C.C.C.C.C.CC(C)CCc1ccc(CCC(C)C)cc1.CC(C)CCc1ccc(CCC(C)C)cc1.CC(C)CCc1cccc(CCC(C)C)c1.CC(C)CCc1cccc(CCC(C)C)c1.CC(C)CCc1ccccc1CCC(C)C.CC(C)CCc1ccccc1CCC(C)C. The fourth-order valence-corrected chi connectivity index (χ4v) is 11.1. The number of rotatable bonds is 36. The van der Waals surface area contributed by atoms with Crippen molar-refractivity contribution in [3.8, 4) is 0 Å². The maximum atomic E-state index is 2.39. The molecule has 0 fully saturated rings. The highest BCUT2D eigenvalue weighted by atomic mass is 14.1. The van der Waals surface area contributed by atoms with Crippen molar-refractivity contribution >= 4 is 0 Å². The van der Waals surface area contributed by atoms with Crippen molar-refractivity contribution < 1.29 is 0 Å². The minimum absolute atomic E-state index is 0. The molecular formula is C102H180. The van der Waals surface area contributed by atoms with E-state index in [4.69, 9.17) is 0 Å². The first kappa shape index (κ1) is 108. The third-order valence-electron chi connectivity index (χ3n) is 18.3. The molecule has 0 bridgehead atoms. The fraction of sp³-hybridized carbons (Fsp3) is 0.647. The Hall–Kier alpha value is -4.68. The van der Waals surface area contributed by atoms with Crippen LogP contribution in [0.25, 0.3) is 0 Å². The number of benzene rings is 6. The molecular weight excluding hydrogens is 1230 g/mol. The van der Waals surface area contributed by atoms with Gasteiger partial charge in [-0.15, -0.1) is 0 Å². The van der Waals surface area contributed by atoms with Crippen LogP contribution < -0.4 is 0 Å². The van der Waals surface area contributed by atoms with Gasteiger partial charge in [0.2, 0.25) is 0 Å². The highest BCUT2D eigenvalue weighted by molar-refractivity contribution is 5.30. The Balaban J connectivity index is -0.000000268. The maximum absolute atomic E-state index is 2.39. The monoisotopic (exact) mass is 1410 g/mol. The minimum atomic E-state index is 0. The standard InChI is InChI=1S/6C16H26.6CH4/c2*1-13(2)5-7-15-9-11-16(12-10-15)8-6-14(3)4;2*1-13(2)8-10-15-6-5-7-16(12-15)11-9-14(3)4;2*1-13(2)9-11-15-7-5-6-8-16(15)12-10-14(3)4;;;;;;/h2*9-14H,5-8H2,1-4H3;2*5-7,12-14H,8-11H2,1-4H3;2*5-8,13-14H,9-12H2,1-4H3;6*1H4. The van der Waals surface area contributed by atoms with E-state index in [0.717, 1.165) is 71.0 Å². The Labute approximate surface area is 644 Å². The van der Waals surface area contributed by atoms with Gasteiger partial charge in [0.15, 0.2) is 0 Å².